The summed E-state index contributed by atoms with van der Waals surface area (Å²) in [5.74, 6) is 1.46. The van der Waals surface area contributed by atoms with Crippen molar-refractivity contribution in [2.45, 2.75) is 13.5 Å². The summed E-state index contributed by atoms with van der Waals surface area (Å²) in [6, 6.07) is 12.2. The second-order valence-electron chi connectivity index (χ2n) is 4.40. The summed E-state index contributed by atoms with van der Waals surface area (Å²) in [4.78, 5) is 0. The molecule has 0 spiro atoms. The summed E-state index contributed by atoms with van der Waals surface area (Å²) in [6.07, 6.45) is 0. The van der Waals surface area contributed by atoms with Crippen molar-refractivity contribution in [1.29, 1.82) is 0 Å². The Morgan fingerprint density at radius 1 is 1.00 bits per heavy atom. The molecule has 2 rings (SSSR count). The lowest BCUT2D eigenvalue weighted by molar-refractivity contribution is 0.355. The van der Waals surface area contributed by atoms with Gasteiger partial charge < -0.3 is 15.2 Å². The van der Waals surface area contributed by atoms with E-state index in [2.05, 4.69) is 25.1 Å². The van der Waals surface area contributed by atoms with E-state index in [9.17, 15) is 0 Å². The minimum atomic E-state index is 0.471. The summed E-state index contributed by atoms with van der Waals surface area (Å²) in [5, 5.41) is 0. The number of rotatable bonds is 4. The fourth-order valence-electron chi connectivity index (χ4n) is 2.21. The van der Waals surface area contributed by atoms with Crippen molar-refractivity contribution in [3.05, 3.63) is 47.5 Å². The van der Waals surface area contributed by atoms with Crippen LogP contribution in [0.4, 0.5) is 0 Å². The first-order valence-corrected chi connectivity index (χ1v) is 6.22. The third-order valence-electron chi connectivity index (χ3n) is 3.21. The molecular weight excluding hydrogens is 238 g/mol. The van der Waals surface area contributed by atoms with Gasteiger partial charge in [0, 0.05) is 12.1 Å². The summed E-state index contributed by atoms with van der Waals surface area (Å²) in [7, 11) is 3.29. The van der Waals surface area contributed by atoms with Crippen molar-refractivity contribution >= 4 is 0 Å². The zero-order valence-electron chi connectivity index (χ0n) is 11.6. The first-order chi connectivity index (χ1) is 9.21. The molecule has 0 aliphatic carbocycles. The normalized spacial score (nSPS) is 10.3. The van der Waals surface area contributed by atoms with Gasteiger partial charge in [-0.2, -0.15) is 0 Å². The van der Waals surface area contributed by atoms with Gasteiger partial charge in [0.15, 0.2) is 11.5 Å². The molecule has 0 unspecified atom stereocenters. The highest BCUT2D eigenvalue weighted by Crippen LogP contribution is 2.40. The highest BCUT2D eigenvalue weighted by atomic mass is 16.5. The van der Waals surface area contributed by atoms with Gasteiger partial charge in [-0.3, -0.25) is 0 Å². The molecule has 3 heteroatoms. The van der Waals surface area contributed by atoms with Crippen LogP contribution in [0.1, 0.15) is 11.1 Å². The zero-order valence-corrected chi connectivity index (χ0v) is 11.6. The van der Waals surface area contributed by atoms with Gasteiger partial charge in [0.05, 0.1) is 14.2 Å². The molecule has 0 heterocycles. The van der Waals surface area contributed by atoms with Gasteiger partial charge >= 0.3 is 0 Å². The lowest BCUT2D eigenvalue weighted by Gasteiger charge is -2.16. The fraction of sp³-hybridized carbons (Fsp3) is 0.250. The van der Waals surface area contributed by atoms with Crippen LogP contribution in [-0.2, 0) is 6.54 Å². The SMILES string of the molecule is COc1cc(CN)cc(-c2ccccc2C)c1OC. The minimum absolute atomic E-state index is 0.471. The first kappa shape index (κ1) is 13.4. The predicted octanol–water partition coefficient (Wildman–Crippen LogP) is 3.14. The number of aryl methyl sites for hydroxylation is 1. The molecule has 0 saturated heterocycles. The van der Waals surface area contributed by atoms with Gasteiger partial charge in [-0.1, -0.05) is 24.3 Å². The zero-order chi connectivity index (χ0) is 13.8. The molecule has 0 amide bonds. The Morgan fingerprint density at radius 2 is 1.74 bits per heavy atom. The molecule has 0 aliphatic rings. The Labute approximate surface area is 114 Å². The molecular formula is C16H19NO2. The van der Waals surface area contributed by atoms with Crippen LogP contribution in [0.3, 0.4) is 0 Å². The Bertz CT molecular complexity index is 579. The first-order valence-electron chi connectivity index (χ1n) is 6.22. The molecule has 19 heavy (non-hydrogen) atoms. The average Bonchev–Trinajstić information content (AvgIpc) is 2.46. The van der Waals surface area contributed by atoms with E-state index in [0.29, 0.717) is 12.3 Å². The van der Waals surface area contributed by atoms with Crippen molar-refractivity contribution in [2.75, 3.05) is 14.2 Å². The van der Waals surface area contributed by atoms with Crippen molar-refractivity contribution in [3.63, 3.8) is 0 Å². The van der Waals surface area contributed by atoms with Crippen LogP contribution < -0.4 is 15.2 Å². The third kappa shape index (κ3) is 2.56. The van der Waals surface area contributed by atoms with E-state index < -0.39 is 0 Å². The van der Waals surface area contributed by atoms with Gasteiger partial charge in [-0.25, -0.2) is 0 Å². The molecule has 100 valence electrons. The molecule has 0 atom stereocenters. The molecule has 0 radical (unpaired) electrons. The summed E-state index contributed by atoms with van der Waals surface area (Å²) < 4.78 is 10.9. The third-order valence-corrected chi connectivity index (χ3v) is 3.21. The Balaban J connectivity index is 2.70. The molecule has 0 fully saturated rings. The number of ether oxygens (including phenoxy) is 2. The smallest absolute Gasteiger partial charge is 0.168 e. The van der Waals surface area contributed by atoms with Crippen LogP contribution in [0, 0.1) is 6.92 Å². The average molecular weight is 257 g/mol. The largest absolute Gasteiger partial charge is 0.493 e. The lowest BCUT2D eigenvalue weighted by atomic mass is 9.97. The van der Waals surface area contributed by atoms with E-state index in [1.807, 2.05) is 18.2 Å². The van der Waals surface area contributed by atoms with Crippen LogP contribution in [0.5, 0.6) is 11.5 Å². The fourth-order valence-corrected chi connectivity index (χ4v) is 2.21. The lowest BCUT2D eigenvalue weighted by Crippen LogP contribution is -2.01. The molecule has 2 aromatic rings. The summed E-state index contributed by atoms with van der Waals surface area (Å²) in [6.45, 7) is 2.55. The standard InChI is InChI=1S/C16H19NO2/c1-11-6-4-5-7-13(11)14-8-12(10-17)9-15(18-2)16(14)19-3/h4-9H,10,17H2,1-3H3. The number of benzene rings is 2. The maximum absolute atomic E-state index is 5.75. The highest BCUT2D eigenvalue weighted by Gasteiger charge is 2.14. The van der Waals surface area contributed by atoms with Crippen LogP contribution in [-0.4, -0.2) is 14.2 Å². The van der Waals surface area contributed by atoms with Crippen molar-refractivity contribution in [2.24, 2.45) is 5.73 Å². The Kier molecular flexibility index (Phi) is 4.07. The highest BCUT2D eigenvalue weighted by molar-refractivity contribution is 5.77. The van der Waals surface area contributed by atoms with E-state index in [1.165, 1.54) is 5.56 Å². The number of hydrogen-bond acceptors (Lipinski definition) is 3. The van der Waals surface area contributed by atoms with E-state index in [0.717, 1.165) is 22.4 Å². The molecule has 0 aliphatic heterocycles. The van der Waals surface area contributed by atoms with E-state index in [4.69, 9.17) is 15.2 Å². The monoisotopic (exact) mass is 257 g/mol. The Morgan fingerprint density at radius 3 is 2.32 bits per heavy atom. The Hall–Kier alpha value is -2.00. The number of nitrogens with two attached hydrogens (primary N) is 1. The molecule has 0 saturated carbocycles. The second kappa shape index (κ2) is 5.76. The summed E-state index contributed by atoms with van der Waals surface area (Å²) in [5.41, 5.74) is 10.1. The number of methoxy groups -OCH3 is 2. The van der Waals surface area contributed by atoms with Gasteiger partial charge in [-0.05, 0) is 35.7 Å². The van der Waals surface area contributed by atoms with E-state index in [1.54, 1.807) is 14.2 Å². The quantitative estimate of drug-likeness (QED) is 0.915. The van der Waals surface area contributed by atoms with Crippen LogP contribution in [0.25, 0.3) is 11.1 Å². The maximum atomic E-state index is 5.75. The number of hydrogen-bond donors (Lipinski definition) is 1. The van der Waals surface area contributed by atoms with Crippen molar-refractivity contribution < 1.29 is 9.47 Å². The van der Waals surface area contributed by atoms with E-state index in [-0.39, 0.29) is 0 Å². The van der Waals surface area contributed by atoms with Gasteiger partial charge in [0.25, 0.3) is 0 Å². The molecule has 2 aromatic carbocycles. The predicted molar refractivity (Wildman–Crippen MR) is 77.6 cm³/mol. The van der Waals surface area contributed by atoms with Crippen molar-refractivity contribution in [1.82, 2.24) is 0 Å². The molecule has 0 aromatic heterocycles. The van der Waals surface area contributed by atoms with E-state index >= 15 is 0 Å². The van der Waals surface area contributed by atoms with Gasteiger partial charge in [0.1, 0.15) is 0 Å². The van der Waals surface area contributed by atoms with Crippen LogP contribution in [0.15, 0.2) is 36.4 Å². The topological polar surface area (TPSA) is 44.5 Å². The van der Waals surface area contributed by atoms with Crippen LogP contribution >= 0.6 is 0 Å². The molecule has 2 N–H and O–H groups in total. The van der Waals surface area contributed by atoms with Gasteiger partial charge in [0.2, 0.25) is 0 Å². The van der Waals surface area contributed by atoms with Crippen molar-refractivity contribution in [3.8, 4) is 22.6 Å². The summed E-state index contributed by atoms with van der Waals surface area (Å²) >= 11 is 0. The maximum Gasteiger partial charge on any atom is 0.168 e. The minimum Gasteiger partial charge on any atom is -0.493 e. The van der Waals surface area contributed by atoms with Crippen LogP contribution in [0.2, 0.25) is 0 Å². The van der Waals surface area contributed by atoms with Gasteiger partial charge in [-0.15, -0.1) is 0 Å². The molecule has 0 bridgehead atoms. The molecule has 3 nitrogen and oxygen atoms in total. The second-order valence-corrected chi connectivity index (χ2v) is 4.40.